The highest BCUT2D eigenvalue weighted by atomic mass is 16.5. The van der Waals surface area contributed by atoms with Crippen LogP contribution in [-0.4, -0.2) is 78.0 Å². The third-order valence-electron chi connectivity index (χ3n) is 5.48. The first-order chi connectivity index (χ1) is 15.5. The largest absolute Gasteiger partial charge is 0.378 e. The summed E-state index contributed by atoms with van der Waals surface area (Å²) in [6.07, 6.45) is 0. The molecule has 1 saturated heterocycles. The third kappa shape index (κ3) is 4.40. The summed E-state index contributed by atoms with van der Waals surface area (Å²) in [7, 11) is 0. The Balaban J connectivity index is 1.30. The number of aryl methyl sites for hydroxylation is 1. The van der Waals surface area contributed by atoms with Gasteiger partial charge in [-0.25, -0.2) is 9.97 Å². The molecule has 0 aliphatic carbocycles. The summed E-state index contributed by atoms with van der Waals surface area (Å²) in [5.74, 6) is 0.874. The van der Waals surface area contributed by atoms with Gasteiger partial charge in [0.05, 0.1) is 24.3 Å². The van der Waals surface area contributed by atoms with E-state index in [1.54, 1.807) is 31.2 Å². The number of benzene rings is 1. The molecule has 1 aromatic carbocycles. The molecule has 0 bridgehead atoms. The summed E-state index contributed by atoms with van der Waals surface area (Å²) in [6.45, 7) is 7.02. The van der Waals surface area contributed by atoms with Crippen LogP contribution in [0.5, 0.6) is 0 Å². The van der Waals surface area contributed by atoms with Crippen molar-refractivity contribution in [1.29, 1.82) is 0 Å². The lowest BCUT2D eigenvalue weighted by Crippen LogP contribution is -2.48. The molecule has 2 N–H and O–H groups in total. The average molecular weight is 438 g/mol. The van der Waals surface area contributed by atoms with Crippen LogP contribution in [-0.2, 0) is 9.53 Å². The van der Waals surface area contributed by atoms with Gasteiger partial charge in [-0.3, -0.25) is 19.3 Å². The fraction of sp³-hybridized carbons (Fsp3) is 0.409. The Hall–Kier alpha value is -3.53. The number of morpholine rings is 1. The van der Waals surface area contributed by atoms with Gasteiger partial charge in [-0.2, -0.15) is 0 Å². The molecule has 2 aromatic rings. The van der Waals surface area contributed by atoms with Gasteiger partial charge in [-0.15, -0.1) is 0 Å². The quantitative estimate of drug-likeness (QED) is 0.482. The van der Waals surface area contributed by atoms with Crippen LogP contribution in [0.4, 0.5) is 11.6 Å². The molecule has 4 rings (SSSR count). The molecule has 1 unspecified atom stereocenters. The van der Waals surface area contributed by atoms with Crippen LogP contribution in [0.15, 0.2) is 30.3 Å². The molecular formula is C22H26N6O4. The molecule has 10 nitrogen and oxygen atoms in total. The van der Waals surface area contributed by atoms with E-state index in [0.29, 0.717) is 49.1 Å². The highest BCUT2D eigenvalue weighted by Gasteiger charge is 2.40. The zero-order valence-corrected chi connectivity index (χ0v) is 18.1. The zero-order chi connectivity index (χ0) is 22.7. The Morgan fingerprint density at radius 3 is 2.41 bits per heavy atom. The average Bonchev–Trinajstić information content (AvgIpc) is 3.06. The number of rotatable bonds is 7. The smallest absolute Gasteiger partial charge is 0.262 e. The van der Waals surface area contributed by atoms with Crippen molar-refractivity contribution < 1.29 is 19.1 Å². The maximum atomic E-state index is 12.6. The third-order valence-corrected chi connectivity index (χ3v) is 5.48. The lowest BCUT2D eigenvalue weighted by molar-refractivity contribution is -0.124. The minimum Gasteiger partial charge on any atom is -0.378 e. The molecule has 3 heterocycles. The van der Waals surface area contributed by atoms with E-state index in [-0.39, 0.29) is 0 Å². The number of hydrogen-bond acceptors (Lipinski definition) is 8. The minimum absolute atomic E-state index is 0.308. The van der Waals surface area contributed by atoms with Crippen molar-refractivity contribution in [2.75, 3.05) is 49.6 Å². The highest BCUT2D eigenvalue weighted by Crippen LogP contribution is 2.24. The molecule has 1 fully saturated rings. The van der Waals surface area contributed by atoms with E-state index in [1.807, 2.05) is 13.0 Å². The van der Waals surface area contributed by atoms with Gasteiger partial charge in [0, 0.05) is 32.2 Å². The van der Waals surface area contributed by atoms with Gasteiger partial charge in [0.15, 0.2) is 0 Å². The lowest BCUT2D eigenvalue weighted by atomic mass is 10.1. The van der Waals surface area contributed by atoms with Crippen molar-refractivity contribution in [2.24, 2.45) is 0 Å². The number of amides is 3. The number of imide groups is 1. The van der Waals surface area contributed by atoms with Crippen LogP contribution in [0.1, 0.15) is 33.5 Å². The molecule has 2 aliphatic rings. The Morgan fingerprint density at radius 1 is 1.09 bits per heavy atom. The number of anilines is 2. The van der Waals surface area contributed by atoms with E-state index in [1.165, 1.54) is 0 Å². The van der Waals surface area contributed by atoms with Gasteiger partial charge in [-0.05, 0) is 26.0 Å². The number of carbonyl (C=O) groups is 3. The van der Waals surface area contributed by atoms with Crippen LogP contribution in [0.25, 0.3) is 0 Å². The number of aromatic nitrogens is 2. The van der Waals surface area contributed by atoms with Gasteiger partial charge in [0.2, 0.25) is 5.91 Å². The van der Waals surface area contributed by atoms with E-state index in [0.717, 1.165) is 23.8 Å². The molecule has 10 heteroatoms. The zero-order valence-electron chi connectivity index (χ0n) is 18.1. The molecule has 0 radical (unpaired) electrons. The summed E-state index contributed by atoms with van der Waals surface area (Å²) >= 11 is 0. The van der Waals surface area contributed by atoms with Crippen molar-refractivity contribution in [2.45, 2.75) is 19.9 Å². The summed E-state index contributed by atoms with van der Waals surface area (Å²) in [5, 5.41) is 5.96. The van der Waals surface area contributed by atoms with Gasteiger partial charge in [0.25, 0.3) is 11.8 Å². The normalized spacial score (nSPS) is 16.7. The second kappa shape index (κ2) is 9.31. The first-order valence-electron chi connectivity index (χ1n) is 10.6. The first-order valence-corrected chi connectivity index (χ1v) is 10.6. The van der Waals surface area contributed by atoms with Crippen molar-refractivity contribution >= 4 is 29.4 Å². The van der Waals surface area contributed by atoms with Crippen LogP contribution in [0.2, 0.25) is 0 Å². The second-order valence-corrected chi connectivity index (χ2v) is 7.68. The number of nitrogens with zero attached hydrogens (tertiary/aromatic N) is 4. The maximum Gasteiger partial charge on any atom is 0.262 e. The Morgan fingerprint density at radius 2 is 1.75 bits per heavy atom. The Labute approximate surface area is 186 Å². The van der Waals surface area contributed by atoms with Crippen molar-refractivity contribution in [1.82, 2.24) is 20.2 Å². The minimum atomic E-state index is -0.906. The van der Waals surface area contributed by atoms with Crippen LogP contribution in [0.3, 0.4) is 0 Å². The summed E-state index contributed by atoms with van der Waals surface area (Å²) in [6, 6.07) is 7.56. The van der Waals surface area contributed by atoms with Crippen LogP contribution in [0, 0.1) is 6.92 Å². The van der Waals surface area contributed by atoms with Gasteiger partial charge < -0.3 is 20.3 Å². The van der Waals surface area contributed by atoms with Gasteiger partial charge >= 0.3 is 0 Å². The van der Waals surface area contributed by atoms with E-state index < -0.39 is 23.8 Å². The van der Waals surface area contributed by atoms with Crippen molar-refractivity contribution in [3.8, 4) is 0 Å². The predicted octanol–water partition coefficient (Wildman–Crippen LogP) is 0.834. The van der Waals surface area contributed by atoms with E-state index >= 15 is 0 Å². The number of hydrogen-bond donors (Lipinski definition) is 2. The SMILES string of the molecule is Cc1nc(NCCNC(=O)C(C)N2C(=O)c3ccccc3C2=O)cc(N2CCOCC2)n1. The Kier molecular flexibility index (Phi) is 6.31. The molecule has 1 aromatic heterocycles. The van der Waals surface area contributed by atoms with E-state index in [4.69, 9.17) is 4.74 Å². The Bertz CT molecular complexity index is 1000. The van der Waals surface area contributed by atoms with Gasteiger partial charge in [0.1, 0.15) is 23.5 Å². The van der Waals surface area contributed by atoms with Crippen molar-refractivity contribution in [3.05, 3.63) is 47.3 Å². The number of carbonyl (C=O) groups excluding carboxylic acids is 3. The predicted molar refractivity (Wildman–Crippen MR) is 118 cm³/mol. The second-order valence-electron chi connectivity index (χ2n) is 7.68. The van der Waals surface area contributed by atoms with Gasteiger partial charge in [-0.1, -0.05) is 12.1 Å². The number of ether oxygens (including phenoxy) is 1. The maximum absolute atomic E-state index is 12.6. The van der Waals surface area contributed by atoms with Crippen LogP contribution < -0.4 is 15.5 Å². The monoisotopic (exact) mass is 438 g/mol. The molecule has 32 heavy (non-hydrogen) atoms. The topological polar surface area (TPSA) is 117 Å². The van der Waals surface area contributed by atoms with E-state index in [9.17, 15) is 14.4 Å². The summed E-state index contributed by atoms with van der Waals surface area (Å²) in [4.78, 5) is 49.7. The molecule has 3 amide bonds. The summed E-state index contributed by atoms with van der Waals surface area (Å²) in [5.41, 5.74) is 0.656. The molecule has 0 saturated carbocycles. The standard InChI is InChI=1S/C22H26N6O4/c1-14(28-21(30)16-5-3-4-6-17(16)22(28)31)20(29)24-8-7-23-18-13-19(26-15(2)25-18)27-9-11-32-12-10-27/h3-6,13-14H,7-12H2,1-2H3,(H,24,29)(H,23,25,26). The summed E-state index contributed by atoms with van der Waals surface area (Å²) < 4.78 is 5.38. The number of nitrogens with one attached hydrogen (secondary N) is 2. The molecule has 1 atom stereocenters. The lowest BCUT2D eigenvalue weighted by Gasteiger charge is -2.28. The molecule has 0 spiro atoms. The molecular weight excluding hydrogens is 412 g/mol. The van der Waals surface area contributed by atoms with E-state index in [2.05, 4.69) is 25.5 Å². The highest BCUT2D eigenvalue weighted by molar-refractivity contribution is 6.22. The molecule has 2 aliphatic heterocycles. The van der Waals surface area contributed by atoms with Crippen LogP contribution >= 0.6 is 0 Å². The number of fused-ring (bicyclic) bond motifs is 1. The first kappa shape index (κ1) is 21.7. The fourth-order valence-corrected chi connectivity index (χ4v) is 3.80. The fourth-order valence-electron chi connectivity index (χ4n) is 3.80. The molecule has 168 valence electrons. The van der Waals surface area contributed by atoms with Crippen molar-refractivity contribution in [3.63, 3.8) is 0 Å².